The third-order valence-electron chi connectivity index (χ3n) is 1.86. The lowest BCUT2D eigenvalue weighted by atomic mass is 10.1. The average Bonchev–Trinajstić information content (AvgIpc) is 2.15. The molecule has 0 saturated carbocycles. The Kier molecular flexibility index (Phi) is 3.68. The van der Waals surface area contributed by atoms with Crippen LogP contribution in [-0.4, -0.2) is 14.8 Å². The van der Waals surface area contributed by atoms with Crippen LogP contribution in [0.2, 0.25) is 0 Å². The summed E-state index contributed by atoms with van der Waals surface area (Å²) in [7, 11) is 0. The topological polar surface area (TPSA) is 129 Å². The fourth-order valence-electron chi connectivity index (χ4n) is 1.20. The number of nitro groups is 3. The van der Waals surface area contributed by atoms with Crippen LogP contribution in [0.15, 0.2) is 22.7 Å². The molecule has 0 bridgehead atoms. The van der Waals surface area contributed by atoms with Crippen LogP contribution < -0.4 is 0 Å². The Labute approximate surface area is 102 Å². The smallest absolute Gasteiger partial charge is 0.258 e. The zero-order valence-corrected chi connectivity index (χ0v) is 9.56. The van der Waals surface area contributed by atoms with Gasteiger partial charge < -0.3 is 0 Å². The van der Waals surface area contributed by atoms with E-state index in [1.807, 2.05) is 0 Å². The number of benzene rings is 1. The van der Waals surface area contributed by atoms with E-state index in [1.165, 1.54) is 6.07 Å². The minimum atomic E-state index is -2.35. The molecule has 0 radical (unpaired) electrons. The maximum atomic E-state index is 10.6. The summed E-state index contributed by atoms with van der Waals surface area (Å²) in [6.45, 7) is 0. The maximum absolute atomic E-state index is 10.6. The number of rotatable bonds is 4. The van der Waals surface area contributed by atoms with Crippen molar-refractivity contribution in [2.75, 3.05) is 0 Å². The first-order valence-corrected chi connectivity index (χ1v) is 4.84. The predicted octanol–water partition coefficient (Wildman–Crippen LogP) is 1.91. The van der Waals surface area contributed by atoms with E-state index in [9.17, 15) is 30.3 Å². The first kappa shape index (κ1) is 13.0. The molecule has 0 aliphatic carbocycles. The molecule has 0 heterocycles. The van der Waals surface area contributed by atoms with Crippen molar-refractivity contribution in [1.29, 1.82) is 0 Å². The molecule has 0 aromatic heterocycles. The molecular weight excluding hydrogens is 302 g/mol. The van der Waals surface area contributed by atoms with Gasteiger partial charge in [-0.25, -0.2) is 0 Å². The third-order valence-corrected chi connectivity index (χ3v) is 2.36. The second-order valence-electron chi connectivity index (χ2n) is 2.90. The lowest BCUT2D eigenvalue weighted by molar-refractivity contribution is -0.753. The minimum absolute atomic E-state index is 0.284. The molecule has 90 valence electrons. The van der Waals surface area contributed by atoms with Crippen molar-refractivity contribution in [2.24, 2.45) is 0 Å². The molecule has 17 heavy (non-hydrogen) atoms. The van der Waals surface area contributed by atoms with E-state index < -0.39 is 32.2 Å². The second-order valence-corrected chi connectivity index (χ2v) is 3.82. The van der Waals surface area contributed by atoms with E-state index in [0.717, 1.165) is 12.1 Å². The zero-order valence-electron chi connectivity index (χ0n) is 7.98. The highest BCUT2D eigenvalue weighted by Gasteiger charge is 2.41. The Bertz CT molecular complexity index is 490. The predicted molar refractivity (Wildman–Crippen MR) is 57.5 cm³/mol. The van der Waals surface area contributed by atoms with Crippen LogP contribution in [-0.2, 0) is 0 Å². The summed E-state index contributed by atoms with van der Waals surface area (Å²) in [6, 6.07) is 3.24. The van der Waals surface area contributed by atoms with Crippen molar-refractivity contribution in [3.63, 3.8) is 0 Å². The van der Waals surface area contributed by atoms with E-state index in [4.69, 9.17) is 0 Å². The molecular formula is C7H4BrN3O6. The van der Waals surface area contributed by atoms with Crippen molar-refractivity contribution < 1.29 is 14.8 Å². The average molecular weight is 306 g/mol. The molecule has 0 atom stereocenters. The summed E-state index contributed by atoms with van der Waals surface area (Å²) in [5.41, 5.74) is -1.23. The van der Waals surface area contributed by atoms with Gasteiger partial charge in [-0.05, 0) is 12.1 Å². The van der Waals surface area contributed by atoms with E-state index in [1.54, 1.807) is 0 Å². The van der Waals surface area contributed by atoms with E-state index in [-0.39, 0.29) is 4.47 Å². The molecule has 0 amide bonds. The summed E-state index contributed by atoms with van der Waals surface area (Å²) < 4.78 is 0.284. The standard InChI is InChI=1S/C7H4BrN3O6/c8-4-1-2-6(9(12)13)5(3-4)7(10(14)15)11(16)17/h1-3,7H. The maximum Gasteiger partial charge on any atom is 0.483 e. The van der Waals surface area contributed by atoms with Gasteiger partial charge in [0.15, 0.2) is 5.56 Å². The number of halogens is 1. The van der Waals surface area contributed by atoms with Crippen LogP contribution in [0, 0.1) is 30.3 Å². The quantitative estimate of drug-likeness (QED) is 0.474. The Morgan fingerprint density at radius 2 is 1.59 bits per heavy atom. The zero-order chi connectivity index (χ0) is 13.2. The molecule has 0 aliphatic heterocycles. The van der Waals surface area contributed by atoms with Crippen molar-refractivity contribution in [2.45, 2.75) is 6.17 Å². The Hall–Kier alpha value is -2.10. The summed E-state index contributed by atoms with van der Waals surface area (Å²) in [4.78, 5) is 28.5. The summed E-state index contributed by atoms with van der Waals surface area (Å²) in [6.07, 6.45) is -2.35. The van der Waals surface area contributed by atoms with Crippen molar-refractivity contribution in [1.82, 2.24) is 0 Å². The molecule has 1 aromatic rings. The number of hydrogen-bond acceptors (Lipinski definition) is 6. The van der Waals surface area contributed by atoms with E-state index in [2.05, 4.69) is 15.9 Å². The number of nitro benzene ring substituents is 1. The summed E-state index contributed by atoms with van der Waals surface area (Å²) >= 11 is 2.94. The molecule has 0 saturated heterocycles. The molecule has 10 heteroatoms. The van der Waals surface area contributed by atoms with Crippen LogP contribution in [0.3, 0.4) is 0 Å². The Balaban J connectivity index is 3.45. The number of hydrogen-bond donors (Lipinski definition) is 0. The molecule has 0 N–H and O–H groups in total. The number of nitrogens with zero attached hydrogens (tertiary/aromatic N) is 3. The lowest BCUT2D eigenvalue weighted by Crippen LogP contribution is -2.20. The first-order valence-electron chi connectivity index (χ1n) is 4.05. The minimum Gasteiger partial charge on any atom is -0.258 e. The van der Waals surface area contributed by atoms with Crippen molar-refractivity contribution >= 4 is 21.6 Å². The van der Waals surface area contributed by atoms with Gasteiger partial charge in [-0.3, -0.25) is 30.3 Å². The third kappa shape index (κ3) is 2.72. The lowest BCUT2D eigenvalue weighted by Gasteiger charge is -2.03. The SMILES string of the molecule is O=[N+]([O-])c1ccc(Br)cc1C([N+](=O)[O-])[N+](=O)[O-]. The van der Waals surface area contributed by atoms with Gasteiger partial charge in [-0.15, -0.1) is 0 Å². The largest absolute Gasteiger partial charge is 0.483 e. The van der Waals surface area contributed by atoms with Gasteiger partial charge in [-0.1, -0.05) is 15.9 Å². The summed E-state index contributed by atoms with van der Waals surface area (Å²) in [5.74, 6) is 0. The van der Waals surface area contributed by atoms with Crippen LogP contribution in [0.1, 0.15) is 11.7 Å². The second kappa shape index (κ2) is 4.82. The van der Waals surface area contributed by atoms with Crippen LogP contribution in [0.4, 0.5) is 5.69 Å². The highest BCUT2D eigenvalue weighted by Crippen LogP contribution is 2.30. The highest BCUT2D eigenvalue weighted by atomic mass is 79.9. The fourth-order valence-corrected chi connectivity index (χ4v) is 1.58. The van der Waals surface area contributed by atoms with E-state index >= 15 is 0 Å². The van der Waals surface area contributed by atoms with E-state index in [0.29, 0.717) is 0 Å². The van der Waals surface area contributed by atoms with Gasteiger partial charge in [0, 0.05) is 10.5 Å². The van der Waals surface area contributed by atoms with Gasteiger partial charge in [0.1, 0.15) is 9.85 Å². The van der Waals surface area contributed by atoms with Crippen LogP contribution >= 0.6 is 15.9 Å². The van der Waals surface area contributed by atoms with Gasteiger partial charge in [0.05, 0.1) is 4.92 Å². The van der Waals surface area contributed by atoms with Gasteiger partial charge >= 0.3 is 6.17 Å². The van der Waals surface area contributed by atoms with Crippen LogP contribution in [0.25, 0.3) is 0 Å². The monoisotopic (exact) mass is 305 g/mol. The fraction of sp³-hybridized carbons (Fsp3) is 0.143. The molecule has 1 aromatic carbocycles. The molecule has 0 unspecified atom stereocenters. The van der Waals surface area contributed by atoms with Gasteiger partial charge in [0.2, 0.25) is 0 Å². The molecule has 0 aliphatic rings. The molecule has 1 rings (SSSR count). The molecule has 0 fully saturated rings. The first-order chi connectivity index (χ1) is 7.84. The van der Waals surface area contributed by atoms with Gasteiger partial charge in [-0.2, -0.15) is 0 Å². The van der Waals surface area contributed by atoms with Gasteiger partial charge in [0.25, 0.3) is 5.69 Å². The Morgan fingerprint density at radius 3 is 2.00 bits per heavy atom. The molecule has 0 spiro atoms. The molecule has 9 nitrogen and oxygen atoms in total. The Morgan fingerprint density at radius 1 is 1.06 bits per heavy atom. The van der Waals surface area contributed by atoms with Crippen molar-refractivity contribution in [3.8, 4) is 0 Å². The normalized spacial score (nSPS) is 10.2. The highest BCUT2D eigenvalue weighted by molar-refractivity contribution is 9.10. The summed E-state index contributed by atoms with van der Waals surface area (Å²) in [5, 5.41) is 31.7. The van der Waals surface area contributed by atoms with Crippen LogP contribution in [0.5, 0.6) is 0 Å². The van der Waals surface area contributed by atoms with Crippen molar-refractivity contribution in [3.05, 3.63) is 58.6 Å².